The molecule has 4 rings (SSSR count). The van der Waals surface area contributed by atoms with E-state index in [0.29, 0.717) is 12.7 Å². The summed E-state index contributed by atoms with van der Waals surface area (Å²) in [5, 5.41) is 3.25. The van der Waals surface area contributed by atoms with Crippen molar-refractivity contribution in [3.05, 3.63) is 46.7 Å². The summed E-state index contributed by atoms with van der Waals surface area (Å²) in [6.07, 6.45) is 9.25. The van der Waals surface area contributed by atoms with Gasteiger partial charge in [-0.2, -0.15) is 0 Å². The van der Waals surface area contributed by atoms with Gasteiger partial charge in [-0.1, -0.05) is 0 Å². The number of piperidine rings is 1. The van der Waals surface area contributed by atoms with Gasteiger partial charge in [-0.25, -0.2) is 4.98 Å². The molecule has 2 fully saturated rings. The highest BCUT2D eigenvalue weighted by Crippen LogP contribution is 2.41. The predicted octanol–water partition coefficient (Wildman–Crippen LogP) is 3.13. The monoisotopic (exact) mass is 359 g/mol. The molecule has 0 spiro atoms. The molecule has 0 radical (unpaired) electrons. The Morgan fingerprint density at radius 3 is 3.08 bits per heavy atom. The average Bonchev–Trinajstić information content (AvgIpc) is 3.15. The number of thiazole rings is 1. The molecule has 0 unspecified atom stereocenters. The smallest absolute Gasteiger partial charge is 0.107 e. The summed E-state index contributed by atoms with van der Waals surface area (Å²) < 4.78 is 12.3. The maximum Gasteiger partial charge on any atom is 0.107 e. The summed E-state index contributed by atoms with van der Waals surface area (Å²) in [7, 11) is 0. The van der Waals surface area contributed by atoms with Crippen molar-refractivity contribution >= 4 is 11.3 Å². The Hall–Kier alpha value is -1.34. The lowest BCUT2D eigenvalue weighted by Crippen LogP contribution is -2.56. The van der Waals surface area contributed by atoms with Crippen molar-refractivity contribution < 1.29 is 9.47 Å². The third-order valence-corrected chi connectivity index (χ3v) is 6.08. The number of rotatable bonds is 6. The molecule has 6 heteroatoms. The van der Waals surface area contributed by atoms with Crippen molar-refractivity contribution in [1.82, 2.24) is 14.9 Å². The van der Waals surface area contributed by atoms with Gasteiger partial charge < -0.3 is 9.47 Å². The number of fused-ring (bicyclic) bond motifs is 1. The minimum absolute atomic E-state index is 0.112. The Bertz CT molecular complexity index is 652. The topological polar surface area (TPSA) is 47.5 Å². The van der Waals surface area contributed by atoms with Crippen LogP contribution in [0, 0.1) is 5.41 Å². The SMILES string of the molecule is c1cc(COC[C@]23CCCO[C@@H]2CCN(Cc2nccs2)C3)ccn1. The third-order valence-electron chi connectivity index (χ3n) is 5.32. The second-order valence-electron chi connectivity index (χ2n) is 7.10. The fourth-order valence-electron chi connectivity index (χ4n) is 4.10. The molecule has 134 valence electrons. The fraction of sp³-hybridized carbons (Fsp3) is 0.579. The van der Waals surface area contributed by atoms with Gasteiger partial charge in [0, 0.05) is 49.1 Å². The number of ether oxygens (including phenoxy) is 2. The maximum absolute atomic E-state index is 6.16. The molecule has 0 N–H and O–H groups in total. The van der Waals surface area contributed by atoms with Crippen LogP contribution in [0.5, 0.6) is 0 Å². The quantitative estimate of drug-likeness (QED) is 0.793. The molecule has 0 amide bonds. The summed E-state index contributed by atoms with van der Waals surface area (Å²) in [4.78, 5) is 11.0. The standard InChI is InChI=1S/C19H25N3O2S/c1-5-19(15-23-13-16-2-6-20-7-3-16)14-22(9-4-17(19)24-10-1)12-18-21-8-11-25-18/h2-3,6-8,11,17H,1,4-5,9-10,12-15H2/t17-,19-/m1/s1. The summed E-state index contributed by atoms with van der Waals surface area (Å²) >= 11 is 1.74. The molecule has 0 aliphatic carbocycles. The van der Waals surface area contributed by atoms with Crippen LogP contribution in [-0.2, 0) is 22.6 Å². The lowest BCUT2D eigenvalue weighted by Gasteiger charge is -2.50. The van der Waals surface area contributed by atoms with E-state index >= 15 is 0 Å². The van der Waals surface area contributed by atoms with Gasteiger partial charge >= 0.3 is 0 Å². The van der Waals surface area contributed by atoms with Crippen molar-refractivity contribution in [3.63, 3.8) is 0 Å². The molecule has 4 heterocycles. The molecule has 0 aromatic carbocycles. The van der Waals surface area contributed by atoms with Gasteiger partial charge in [0.2, 0.25) is 0 Å². The number of hydrogen-bond donors (Lipinski definition) is 0. The van der Waals surface area contributed by atoms with E-state index in [2.05, 4.69) is 20.2 Å². The third kappa shape index (κ3) is 4.08. The van der Waals surface area contributed by atoms with Crippen LogP contribution in [0.15, 0.2) is 36.1 Å². The number of aromatic nitrogens is 2. The van der Waals surface area contributed by atoms with E-state index in [1.165, 1.54) is 17.0 Å². The summed E-state index contributed by atoms with van der Waals surface area (Å²) in [6.45, 7) is 5.35. The van der Waals surface area contributed by atoms with Gasteiger partial charge in [0.1, 0.15) is 5.01 Å². The zero-order chi connectivity index (χ0) is 17.0. The van der Waals surface area contributed by atoms with Crippen LogP contribution >= 0.6 is 11.3 Å². The molecule has 2 saturated heterocycles. The first-order valence-corrected chi connectivity index (χ1v) is 9.91. The van der Waals surface area contributed by atoms with Gasteiger partial charge in [0.05, 0.1) is 25.9 Å². The van der Waals surface area contributed by atoms with Crippen LogP contribution in [0.25, 0.3) is 0 Å². The minimum atomic E-state index is 0.112. The molecule has 2 aliphatic rings. The number of likely N-dealkylation sites (tertiary alicyclic amines) is 1. The number of nitrogens with zero attached hydrogens (tertiary/aromatic N) is 3. The predicted molar refractivity (Wildman–Crippen MR) is 97.3 cm³/mol. The van der Waals surface area contributed by atoms with E-state index in [-0.39, 0.29) is 5.41 Å². The average molecular weight is 359 g/mol. The lowest BCUT2D eigenvalue weighted by molar-refractivity contribution is -0.155. The first kappa shape index (κ1) is 17.1. The van der Waals surface area contributed by atoms with Gasteiger partial charge in [0.25, 0.3) is 0 Å². The normalized spacial score (nSPS) is 27.1. The molecule has 25 heavy (non-hydrogen) atoms. The first-order valence-electron chi connectivity index (χ1n) is 9.03. The molecule has 2 aliphatic heterocycles. The Morgan fingerprint density at radius 1 is 1.32 bits per heavy atom. The molecular weight excluding hydrogens is 334 g/mol. The highest BCUT2D eigenvalue weighted by atomic mass is 32.1. The first-order chi connectivity index (χ1) is 12.3. The van der Waals surface area contributed by atoms with Crippen molar-refractivity contribution in [2.24, 2.45) is 5.41 Å². The minimum Gasteiger partial charge on any atom is -0.377 e. The maximum atomic E-state index is 6.16. The van der Waals surface area contributed by atoms with Crippen LogP contribution in [0.3, 0.4) is 0 Å². The van der Waals surface area contributed by atoms with Crippen LogP contribution in [0.1, 0.15) is 29.8 Å². The van der Waals surface area contributed by atoms with Crippen LogP contribution in [0.2, 0.25) is 0 Å². The van der Waals surface area contributed by atoms with E-state index in [0.717, 1.165) is 45.7 Å². The van der Waals surface area contributed by atoms with Crippen molar-refractivity contribution in [2.45, 2.75) is 38.5 Å². The summed E-state index contributed by atoms with van der Waals surface area (Å²) in [6, 6.07) is 4.03. The zero-order valence-electron chi connectivity index (χ0n) is 14.5. The number of pyridine rings is 1. The van der Waals surface area contributed by atoms with Crippen LogP contribution < -0.4 is 0 Å². The molecule has 0 bridgehead atoms. The van der Waals surface area contributed by atoms with Gasteiger partial charge in [-0.15, -0.1) is 11.3 Å². The Kier molecular flexibility index (Phi) is 5.41. The Balaban J connectivity index is 1.40. The fourth-order valence-corrected chi connectivity index (χ4v) is 4.76. The van der Waals surface area contributed by atoms with Crippen LogP contribution in [0.4, 0.5) is 0 Å². The Morgan fingerprint density at radius 2 is 2.24 bits per heavy atom. The largest absolute Gasteiger partial charge is 0.377 e. The van der Waals surface area contributed by atoms with E-state index in [1.54, 1.807) is 11.3 Å². The molecule has 2 aromatic heterocycles. The molecule has 2 atom stereocenters. The van der Waals surface area contributed by atoms with Gasteiger partial charge in [-0.3, -0.25) is 9.88 Å². The van der Waals surface area contributed by atoms with E-state index in [1.807, 2.05) is 30.7 Å². The van der Waals surface area contributed by atoms with Gasteiger partial charge in [0.15, 0.2) is 0 Å². The molecule has 0 saturated carbocycles. The lowest BCUT2D eigenvalue weighted by atomic mass is 9.73. The van der Waals surface area contributed by atoms with E-state index < -0.39 is 0 Å². The van der Waals surface area contributed by atoms with Crippen molar-refractivity contribution in [3.8, 4) is 0 Å². The second kappa shape index (κ2) is 7.91. The number of hydrogen-bond acceptors (Lipinski definition) is 6. The molecule has 5 nitrogen and oxygen atoms in total. The molecule has 2 aromatic rings. The highest BCUT2D eigenvalue weighted by molar-refractivity contribution is 7.09. The van der Waals surface area contributed by atoms with Gasteiger partial charge in [-0.05, 0) is 37.0 Å². The van der Waals surface area contributed by atoms with Crippen LogP contribution in [-0.4, -0.2) is 47.3 Å². The Labute approximate surface area is 153 Å². The van der Waals surface area contributed by atoms with E-state index in [9.17, 15) is 0 Å². The van der Waals surface area contributed by atoms with Crippen molar-refractivity contribution in [1.29, 1.82) is 0 Å². The highest BCUT2D eigenvalue weighted by Gasteiger charge is 2.46. The zero-order valence-corrected chi connectivity index (χ0v) is 15.3. The summed E-state index contributed by atoms with van der Waals surface area (Å²) in [5.41, 5.74) is 1.29. The molecular formula is C19H25N3O2S. The van der Waals surface area contributed by atoms with Crippen molar-refractivity contribution in [2.75, 3.05) is 26.3 Å². The summed E-state index contributed by atoms with van der Waals surface area (Å²) in [5.74, 6) is 0. The second-order valence-corrected chi connectivity index (χ2v) is 8.08. The van der Waals surface area contributed by atoms with E-state index in [4.69, 9.17) is 9.47 Å².